The summed E-state index contributed by atoms with van der Waals surface area (Å²) in [6.45, 7) is 6.66. The summed E-state index contributed by atoms with van der Waals surface area (Å²) in [5.41, 5.74) is 0.770. The van der Waals surface area contributed by atoms with Gasteiger partial charge >= 0.3 is 7.82 Å². The summed E-state index contributed by atoms with van der Waals surface area (Å²) in [6, 6.07) is 7.04. The van der Waals surface area contributed by atoms with E-state index in [4.69, 9.17) is 18.3 Å². The van der Waals surface area contributed by atoms with Crippen LogP contribution in [-0.4, -0.2) is 62.8 Å². The van der Waals surface area contributed by atoms with E-state index in [2.05, 4.69) is 5.32 Å². The van der Waals surface area contributed by atoms with Crippen molar-refractivity contribution in [1.29, 1.82) is 0 Å². The fourth-order valence-corrected chi connectivity index (χ4v) is 5.18. The first-order valence-electron chi connectivity index (χ1n) is 11.1. The smallest absolute Gasteiger partial charge is 0.404 e. The number of amides is 2. The molecule has 1 saturated heterocycles. The topological polar surface area (TPSA) is 103 Å². The van der Waals surface area contributed by atoms with Crippen LogP contribution < -0.4 is 9.84 Å². The monoisotopic (exact) mass is 470 g/mol. The molecule has 1 N–H and O–H groups in total. The van der Waals surface area contributed by atoms with Crippen LogP contribution in [0.15, 0.2) is 24.3 Å². The van der Waals surface area contributed by atoms with Gasteiger partial charge in [0.2, 0.25) is 12.3 Å². The van der Waals surface area contributed by atoms with Gasteiger partial charge in [-0.2, -0.15) is 0 Å². The van der Waals surface area contributed by atoms with Gasteiger partial charge < -0.3 is 19.5 Å². The predicted molar refractivity (Wildman–Crippen MR) is 120 cm³/mol. The zero-order valence-corrected chi connectivity index (χ0v) is 20.2. The van der Waals surface area contributed by atoms with Crippen molar-refractivity contribution in [3.05, 3.63) is 29.8 Å². The normalized spacial score (nSPS) is 18.2. The molecule has 1 fully saturated rings. The van der Waals surface area contributed by atoms with Crippen molar-refractivity contribution in [2.75, 3.05) is 33.4 Å². The highest BCUT2D eigenvalue weighted by atomic mass is 31.2. The van der Waals surface area contributed by atoms with Crippen LogP contribution in [-0.2, 0) is 34.4 Å². The van der Waals surface area contributed by atoms with Crippen LogP contribution in [0.5, 0.6) is 5.75 Å². The number of methoxy groups -OCH3 is 1. The number of phosphoric ester groups is 1. The maximum Gasteiger partial charge on any atom is 0.530 e. The van der Waals surface area contributed by atoms with Crippen molar-refractivity contribution < 1.29 is 32.5 Å². The zero-order chi connectivity index (χ0) is 23.6. The molecule has 0 aromatic heterocycles. The lowest BCUT2D eigenvalue weighted by atomic mass is 9.95. The van der Waals surface area contributed by atoms with Gasteiger partial charge in [0, 0.05) is 20.2 Å². The molecule has 0 saturated carbocycles. The van der Waals surface area contributed by atoms with Crippen molar-refractivity contribution in [3.8, 4) is 5.75 Å². The highest BCUT2D eigenvalue weighted by molar-refractivity contribution is 7.48. The van der Waals surface area contributed by atoms with Gasteiger partial charge in [0.1, 0.15) is 5.75 Å². The molecule has 0 radical (unpaired) electrons. The predicted octanol–water partition coefficient (Wildman–Crippen LogP) is 3.18. The average molecular weight is 471 g/mol. The van der Waals surface area contributed by atoms with Crippen LogP contribution in [0, 0.1) is 5.92 Å². The molecule has 1 aliphatic rings. The van der Waals surface area contributed by atoms with E-state index in [1.807, 2.05) is 19.1 Å². The van der Waals surface area contributed by atoms with Crippen molar-refractivity contribution >= 4 is 20.1 Å². The SMILES string of the molecule is CCOP(=O)(OCC)Oc1ccccc1CCNC(=O)C(C)C(OC)C1CCCN1C=O. The number of likely N-dealkylation sites (tertiary alicyclic amines) is 1. The Morgan fingerprint density at radius 3 is 2.59 bits per heavy atom. The maximum absolute atomic E-state index is 12.8. The zero-order valence-electron chi connectivity index (χ0n) is 19.3. The summed E-state index contributed by atoms with van der Waals surface area (Å²) >= 11 is 0. The molecule has 0 aliphatic carbocycles. The van der Waals surface area contributed by atoms with Gasteiger partial charge in [-0.3, -0.25) is 18.6 Å². The number of ether oxygens (including phenoxy) is 1. The van der Waals surface area contributed by atoms with E-state index in [0.29, 0.717) is 25.3 Å². The molecule has 1 aliphatic heterocycles. The highest BCUT2D eigenvalue weighted by Crippen LogP contribution is 2.50. The molecule has 180 valence electrons. The molecule has 0 spiro atoms. The minimum atomic E-state index is -3.71. The van der Waals surface area contributed by atoms with Crippen molar-refractivity contribution in [3.63, 3.8) is 0 Å². The largest absolute Gasteiger partial charge is 0.530 e. The molecule has 1 aromatic carbocycles. The standard InChI is InChI=1S/C22H35N2O7P/c1-5-29-32(27,30-6-2)31-20-12-8-7-10-18(20)13-14-23-22(26)17(3)21(28-4)19-11-9-15-24(19)16-25/h7-8,10,12,16-17,19,21H,5-6,9,11,13-15H2,1-4H3,(H,23,26). The molecule has 9 nitrogen and oxygen atoms in total. The van der Waals surface area contributed by atoms with Crippen molar-refractivity contribution in [2.24, 2.45) is 5.92 Å². The first-order valence-corrected chi connectivity index (χ1v) is 12.5. The molecule has 2 rings (SSSR count). The summed E-state index contributed by atoms with van der Waals surface area (Å²) in [5.74, 6) is -0.183. The van der Waals surface area contributed by atoms with Crippen LogP contribution in [0.1, 0.15) is 39.2 Å². The minimum absolute atomic E-state index is 0.0985. The summed E-state index contributed by atoms with van der Waals surface area (Å²) in [7, 11) is -2.14. The molecule has 3 unspecified atom stereocenters. The molecule has 2 amide bonds. The number of nitrogens with zero attached hydrogens (tertiary/aromatic N) is 1. The van der Waals surface area contributed by atoms with Crippen LogP contribution in [0.25, 0.3) is 0 Å². The highest BCUT2D eigenvalue weighted by Gasteiger charge is 2.37. The lowest BCUT2D eigenvalue weighted by molar-refractivity contribution is -0.133. The first kappa shape index (κ1) is 26.3. The fraction of sp³-hybridized carbons (Fsp3) is 0.636. The van der Waals surface area contributed by atoms with Crippen LogP contribution >= 0.6 is 7.82 Å². The number of carbonyl (C=O) groups excluding carboxylic acids is 2. The molecule has 10 heteroatoms. The summed E-state index contributed by atoms with van der Waals surface area (Å²) in [4.78, 5) is 25.8. The van der Waals surface area contributed by atoms with Gasteiger partial charge in [0.15, 0.2) is 0 Å². The molecular formula is C22H35N2O7P. The molecule has 1 heterocycles. The van der Waals surface area contributed by atoms with E-state index in [0.717, 1.165) is 24.8 Å². The van der Waals surface area contributed by atoms with E-state index >= 15 is 0 Å². The lowest BCUT2D eigenvalue weighted by Crippen LogP contribution is -2.47. The second kappa shape index (κ2) is 12.9. The number of hydrogen-bond donors (Lipinski definition) is 1. The van der Waals surface area contributed by atoms with Gasteiger partial charge in [-0.25, -0.2) is 4.57 Å². The van der Waals surface area contributed by atoms with Crippen molar-refractivity contribution in [2.45, 2.75) is 52.2 Å². The minimum Gasteiger partial charge on any atom is -0.404 e. The maximum atomic E-state index is 12.8. The van der Waals surface area contributed by atoms with Gasteiger partial charge in [-0.1, -0.05) is 25.1 Å². The first-order chi connectivity index (χ1) is 15.4. The second-order valence-corrected chi connectivity index (χ2v) is 9.16. The third-order valence-electron chi connectivity index (χ3n) is 5.49. The Labute approximate surface area is 190 Å². The van der Waals surface area contributed by atoms with E-state index < -0.39 is 13.7 Å². The number of rotatable bonds is 14. The van der Waals surface area contributed by atoms with Crippen LogP contribution in [0.2, 0.25) is 0 Å². The quantitative estimate of drug-likeness (QED) is 0.329. The molecule has 32 heavy (non-hydrogen) atoms. The Bertz CT molecular complexity index is 781. The molecule has 0 bridgehead atoms. The third kappa shape index (κ3) is 7.04. The van der Waals surface area contributed by atoms with E-state index in [9.17, 15) is 14.2 Å². The number of nitrogens with one attached hydrogen (secondary N) is 1. The number of hydrogen-bond acceptors (Lipinski definition) is 7. The molecule has 1 aromatic rings. The fourth-order valence-electron chi connectivity index (χ4n) is 3.95. The summed E-state index contributed by atoms with van der Waals surface area (Å²) in [5, 5.41) is 2.93. The van der Waals surface area contributed by atoms with Crippen LogP contribution in [0.4, 0.5) is 0 Å². The second-order valence-electron chi connectivity index (χ2n) is 7.56. The van der Waals surface area contributed by atoms with E-state index in [-0.39, 0.29) is 31.3 Å². The molecule has 3 atom stereocenters. The van der Waals surface area contributed by atoms with Gasteiger partial charge in [-0.15, -0.1) is 0 Å². The van der Waals surface area contributed by atoms with Gasteiger partial charge in [-0.05, 0) is 44.7 Å². The number of phosphoric acid groups is 1. The van der Waals surface area contributed by atoms with E-state index in [1.165, 1.54) is 0 Å². The number of carbonyl (C=O) groups is 2. The van der Waals surface area contributed by atoms with Crippen LogP contribution in [0.3, 0.4) is 0 Å². The summed E-state index contributed by atoms with van der Waals surface area (Å²) in [6.07, 6.45) is 2.64. The summed E-state index contributed by atoms with van der Waals surface area (Å²) < 4.78 is 34.3. The van der Waals surface area contributed by atoms with Gasteiger partial charge in [0.25, 0.3) is 0 Å². The van der Waals surface area contributed by atoms with Crippen molar-refractivity contribution in [1.82, 2.24) is 10.2 Å². The number of benzene rings is 1. The Balaban J connectivity index is 1.97. The Morgan fingerprint density at radius 2 is 1.97 bits per heavy atom. The Hall–Kier alpha value is -1.93. The molecular weight excluding hydrogens is 435 g/mol. The lowest BCUT2D eigenvalue weighted by Gasteiger charge is -2.31. The average Bonchev–Trinajstić information content (AvgIpc) is 3.24. The van der Waals surface area contributed by atoms with Gasteiger partial charge in [0.05, 0.1) is 31.3 Å². The van der Waals surface area contributed by atoms with E-state index in [1.54, 1.807) is 38.0 Å². The Kier molecular flexibility index (Phi) is 10.6. The Morgan fingerprint density at radius 1 is 1.28 bits per heavy atom. The third-order valence-corrected chi connectivity index (χ3v) is 7.06. The number of para-hydroxylation sites is 1.